The molecule has 1 aromatic rings. The van der Waals surface area contributed by atoms with Crippen LogP contribution >= 0.6 is 0 Å². The lowest BCUT2D eigenvalue weighted by molar-refractivity contribution is -0.150. The van der Waals surface area contributed by atoms with Crippen LogP contribution < -0.4 is 11.4 Å². The Bertz CT molecular complexity index is 874. The molecular weight excluding hydrogens is 486 g/mol. The lowest BCUT2D eigenvalue weighted by Gasteiger charge is -2.16. The first kappa shape index (κ1) is 32.0. The molecule has 9 heteroatoms. The maximum absolute atomic E-state index is 12.1. The van der Waals surface area contributed by atoms with Crippen molar-refractivity contribution in [2.45, 2.75) is 134 Å². The number of anilines is 1. The average Bonchev–Trinajstić information content (AvgIpc) is 3.17. The number of nitrogens with two attached hydrogens (primary N) is 1. The molecule has 0 unspecified atom stereocenters. The van der Waals surface area contributed by atoms with Gasteiger partial charge in [-0.15, -0.1) is 0 Å². The summed E-state index contributed by atoms with van der Waals surface area (Å²) in [4.78, 5) is 27.7. The van der Waals surface area contributed by atoms with Crippen LogP contribution in [0.1, 0.15) is 116 Å². The third kappa shape index (κ3) is 12.1. The molecule has 0 bridgehead atoms. The molecule has 0 aliphatic carbocycles. The summed E-state index contributed by atoms with van der Waals surface area (Å²) in [7, 11) is 0. The largest absolute Gasteiger partial charge is 0.463 e. The number of carbonyl (C=O) groups excluding carboxylic acids is 1. The van der Waals surface area contributed by atoms with Gasteiger partial charge in [-0.05, 0) is 38.2 Å². The van der Waals surface area contributed by atoms with Crippen molar-refractivity contribution in [2.75, 3.05) is 12.3 Å². The number of ether oxygens (including phenoxy) is 2. The van der Waals surface area contributed by atoms with Crippen LogP contribution in [-0.4, -0.2) is 50.7 Å². The van der Waals surface area contributed by atoms with E-state index < -0.39 is 30.2 Å². The Labute approximate surface area is 227 Å². The van der Waals surface area contributed by atoms with Crippen LogP contribution in [0.4, 0.5) is 5.82 Å². The van der Waals surface area contributed by atoms with Gasteiger partial charge in [-0.3, -0.25) is 9.36 Å². The highest BCUT2D eigenvalue weighted by atomic mass is 16.6. The number of nitrogens with zero attached hydrogens (tertiary/aromatic N) is 2. The van der Waals surface area contributed by atoms with Gasteiger partial charge in [-0.1, -0.05) is 83.3 Å². The number of hydrogen-bond donors (Lipinski definition) is 3. The molecule has 0 aromatic carbocycles. The number of aliphatic hydroxyl groups excluding tert-OH is 2. The molecule has 0 spiro atoms. The third-order valence-corrected chi connectivity index (χ3v) is 7.01. The third-order valence-electron chi connectivity index (χ3n) is 7.01. The summed E-state index contributed by atoms with van der Waals surface area (Å²) in [5.41, 5.74) is 4.78. The number of allylic oxidation sites excluding steroid dienone is 2. The van der Waals surface area contributed by atoms with E-state index in [0.717, 1.165) is 23.8 Å². The fourth-order valence-corrected chi connectivity index (χ4v) is 4.66. The molecule has 1 aromatic heterocycles. The zero-order chi connectivity index (χ0) is 27.6. The zero-order valence-corrected chi connectivity index (χ0v) is 23.1. The summed E-state index contributed by atoms with van der Waals surface area (Å²) >= 11 is 0. The molecule has 1 aliphatic heterocycles. The van der Waals surface area contributed by atoms with Crippen LogP contribution in [0, 0.1) is 0 Å². The summed E-state index contributed by atoms with van der Waals surface area (Å²) in [6.45, 7) is 2.06. The van der Waals surface area contributed by atoms with Gasteiger partial charge in [0.15, 0.2) is 6.23 Å². The molecule has 216 valence electrons. The smallest absolute Gasteiger partial charge is 0.351 e. The van der Waals surface area contributed by atoms with Crippen molar-refractivity contribution >= 4 is 11.8 Å². The minimum absolute atomic E-state index is 0.0477. The number of aromatic nitrogens is 2. The monoisotopic (exact) mass is 535 g/mol. The molecule has 9 nitrogen and oxygen atoms in total. The molecule has 4 atom stereocenters. The fraction of sp³-hybridized carbons (Fsp3) is 0.759. The first-order valence-corrected chi connectivity index (χ1v) is 14.6. The second-order valence-corrected chi connectivity index (χ2v) is 10.3. The molecule has 1 aliphatic rings. The van der Waals surface area contributed by atoms with Crippen molar-refractivity contribution in [3.63, 3.8) is 0 Å². The van der Waals surface area contributed by atoms with Crippen molar-refractivity contribution in [3.05, 3.63) is 34.9 Å². The number of rotatable bonds is 20. The van der Waals surface area contributed by atoms with E-state index in [1.165, 1.54) is 89.3 Å². The fourth-order valence-electron chi connectivity index (χ4n) is 4.66. The minimum atomic E-state index is -1.36. The van der Waals surface area contributed by atoms with Gasteiger partial charge in [0.05, 0.1) is 0 Å². The van der Waals surface area contributed by atoms with E-state index in [0.29, 0.717) is 6.42 Å². The summed E-state index contributed by atoms with van der Waals surface area (Å²) < 4.78 is 11.9. The molecule has 4 N–H and O–H groups in total. The van der Waals surface area contributed by atoms with Crippen molar-refractivity contribution in [3.8, 4) is 0 Å². The van der Waals surface area contributed by atoms with Crippen LogP contribution in [0.5, 0.6) is 0 Å². The first-order valence-electron chi connectivity index (χ1n) is 14.6. The highest BCUT2D eigenvalue weighted by Gasteiger charge is 2.44. The normalized spacial score (nSPS) is 21.3. The Hall–Kier alpha value is -2.23. The second kappa shape index (κ2) is 18.9. The van der Waals surface area contributed by atoms with E-state index in [1.807, 2.05) is 0 Å². The van der Waals surface area contributed by atoms with E-state index in [-0.39, 0.29) is 18.4 Å². The van der Waals surface area contributed by atoms with Gasteiger partial charge in [0.25, 0.3) is 0 Å². The van der Waals surface area contributed by atoms with E-state index in [9.17, 15) is 19.8 Å². The van der Waals surface area contributed by atoms with Gasteiger partial charge in [0, 0.05) is 12.6 Å². The lowest BCUT2D eigenvalue weighted by atomic mass is 10.1. The summed E-state index contributed by atoms with van der Waals surface area (Å²) in [5, 5.41) is 20.5. The minimum Gasteiger partial charge on any atom is -0.463 e. The molecule has 2 heterocycles. The molecular formula is C29H49N3O6. The highest BCUT2D eigenvalue weighted by Crippen LogP contribution is 2.28. The van der Waals surface area contributed by atoms with Gasteiger partial charge >= 0.3 is 11.7 Å². The molecule has 1 fully saturated rings. The summed E-state index contributed by atoms with van der Waals surface area (Å²) in [5.74, 6) is -0.315. The number of carbonyl (C=O) groups is 1. The van der Waals surface area contributed by atoms with E-state index in [1.54, 1.807) is 0 Å². The van der Waals surface area contributed by atoms with Crippen LogP contribution in [-0.2, 0) is 14.3 Å². The lowest BCUT2D eigenvalue weighted by Crippen LogP contribution is -2.36. The quantitative estimate of drug-likeness (QED) is 0.123. The van der Waals surface area contributed by atoms with Gasteiger partial charge in [-0.2, -0.15) is 4.98 Å². The Kier molecular flexibility index (Phi) is 15.9. The van der Waals surface area contributed by atoms with E-state index >= 15 is 0 Å². The average molecular weight is 536 g/mol. The standard InChI is InChI=1S/C29H49N3O6/c1-2-3-4-5-6-7-8-9-10-11-12-13-14-15-16-17-18-19-25(33)37-22-23-26(34)27(35)28(38-23)32-21-20-24(30)31-29(32)36/h9-10,20-21,23,26-28,34-35H,2-8,11-19,22H2,1H3,(H2,30,31,36)/b10-9-/t23-,26-,27+,28-/m1/s1. The van der Waals surface area contributed by atoms with E-state index in [2.05, 4.69) is 24.1 Å². The zero-order valence-electron chi connectivity index (χ0n) is 23.1. The van der Waals surface area contributed by atoms with Crippen molar-refractivity contribution in [2.24, 2.45) is 0 Å². The van der Waals surface area contributed by atoms with Gasteiger partial charge in [0.2, 0.25) is 0 Å². The Morgan fingerprint density at radius 2 is 1.55 bits per heavy atom. The number of unbranched alkanes of at least 4 members (excludes halogenated alkanes) is 13. The van der Waals surface area contributed by atoms with Crippen LogP contribution in [0.25, 0.3) is 0 Å². The molecule has 0 radical (unpaired) electrons. The van der Waals surface area contributed by atoms with Crippen molar-refractivity contribution in [1.29, 1.82) is 0 Å². The summed E-state index contributed by atoms with van der Waals surface area (Å²) in [6, 6.07) is 1.40. The highest BCUT2D eigenvalue weighted by molar-refractivity contribution is 5.69. The second-order valence-electron chi connectivity index (χ2n) is 10.3. The van der Waals surface area contributed by atoms with Crippen molar-refractivity contribution in [1.82, 2.24) is 9.55 Å². The molecule has 38 heavy (non-hydrogen) atoms. The maximum atomic E-state index is 12.1. The first-order chi connectivity index (χ1) is 18.4. The molecule has 0 amide bonds. The number of aliphatic hydroxyl groups is 2. The predicted molar refractivity (Wildman–Crippen MR) is 148 cm³/mol. The number of hydrogen-bond acceptors (Lipinski definition) is 8. The Balaban J connectivity index is 1.45. The van der Waals surface area contributed by atoms with E-state index in [4.69, 9.17) is 15.2 Å². The Morgan fingerprint density at radius 1 is 0.974 bits per heavy atom. The predicted octanol–water partition coefficient (Wildman–Crippen LogP) is 4.81. The summed E-state index contributed by atoms with van der Waals surface area (Å²) in [6.07, 6.45) is 19.8. The SMILES string of the molecule is CCCCCCCC/C=C\CCCCCCCCCC(=O)OC[C@H]1O[C@@H](n2ccc(N)nc2=O)[C@@H](O)[C@@H]1O. The molecule has 0 saturated carbocycles. The number of nitrogen functional groups attached to an aromatic ring is 1. The topological polar surface area (TPSA) is 137 Å². The number of esters is 1. The van der Waals surface area contributed by atoms with Crippen LogP contribution in [0.3, 0.4) is 0 Å². The maximum Gasteiger partial charge on any atom is 0.351 e. The molecule has 1 saturated heterocycles. The van der Waals surface area contributed by atoms with Gasteiger partial charge < -0.3 is 25.4 Å². The van der Waals surface area contributed by atoms with Crippen molar-refractivity contribution < 1.29 is 24.5 Å². The Morgan fingerprint density at radius 3 is 2.16 bits per heavy atom. The van der Waals surface area contributed by atoms with Crippen LogP contribution in [0.15, 0.2) is 29.2 Å². The van der Waals surface area contributed by atoms with Crippen LogP contribution in [0.2, 0.25) is 0 Å². The molecule has 2 rings (SSSR count). The van der Waals surface area contributed by atoms with Gasteiger partial charge in [0.1, 0.15) is 30.7 Å². The van der Waals surface area contributed by atoms with Gasteiger partial charge in [-0.25, -0.2) is 4.79 Å².